The predicted octanol–water partition coefficient (Wildman–Crippen LogP) is 3.90. The van der Waals surface area contributed by atoms with Crippen LogP contribution >= 0.6 is 11.6 Å². The summed E-state index contributed by atoms with van der Waals surface area (Å²) in [7, 11) is 0. The van der Waals surface area contributed by atoms with Crippen molar-refractivity contribution in [2.45, 2.75) is 13.3 Å². The van der Waals surface area contributed by atoms with Crippen LogP contribution in [0.2, 0.25) is 5.02 Å². The minimum Gasteiger partial charge on any atom is -0.456 e. The number of hydrogen-bond acceptors (Lipinski definition) is 3. The molecular weight excluding hydrogens is 250 g/mol. The van der Waals surface area contributed by atoms with Crippen LogP contribution in [0.4, 0.5) is 0 Å². The Kier molecular flexibility index (Phi) is 3.95. The van der Waals surface area contributed by atoms with Crippen LogP contribution in [0.25, 0.3) is 0 Å². The quantitative estimate of drug-likeness (QED) is 0.784. The summed E-state index contributed by atoms with van der Waals surface area (Å²) < 4.78 is 5.64. The second-order valence-electron chi connectivity index (χ2n) is 3.78. The van der Waals surface area contributed by atoms with E-state index in [-0.39, 0.29) is 0 Å². The van der Waals surface area contributed by atoms with Gasteiger partial charge in [0.25, 0.3) is 0 Å². The molecule has 2 aromatic rings. The van der Waals surface area contributed by atoms with E-state index in [1.54, 1.807) is 24.4 Å². The van der Waals surface area contributed by atoms with Crippen molar-refractivity contribution in [1.82, 2.24) is 4.98 Å². The fraction of sp³-hybridized carbons (Fsp3) is 0.143. The molecule has 18 heavy (non-hydrogen) atoms. The molecule has 0 aliphatic carbocycles. The number of hydrogen-bond donors (Lipinski definition) is 0. The van der Waals surface area contributed by atoms with Crippen molar-refractivity contribution in [1.29, 1.82) is 0 Å². The molecule has 92 valence electrons. The SMILES string of the molecule is CCc1cc(Oc2cncc(C=O)c2)ccc1Cl. The van der Waals surface area contributed by atoms with Crippen LogP contribution < -0.4 is 4.74 Å². The van der Waals surface area contributed by atoms with Crippen molar-refractivity contribution in [2.75, 3.05) is 0 Å². The zero-order valence-electron chi connectivity index (χ0n) is 9.89. The number of carbonyl (C=O) groups is 1. The van der Waals surface area contributed by atoms with Gasteiger partial charge in [0.1, 0.15) is 11.5 Å². The molecule has 0 atom stereocenters. The summed E-state index contributed by atoms with van der Waals surface area (Å²) in [5, 5.41) is 0.726. The molecule has 0 saturated heterocycles. The molecule has 0 unspecified atom stereocenters. The van der Waals surface area contributed by atoms with Crippen LogP contribution in [0.15, 0.2) is 36.7 Å². The highest BCUT2D eigenvalue weighted by molar-refractivity contribution is 6.31. The third-order valence-electron chi connectivity index (χ3n) is 2.50. The number of pyridine rings is 1. The number of aryl methyl sites for hydroxylation is 1. The summed E-state index contributed by atoms with van der Waals surface area (Å²) in [5.41, 5.74) is 1.51. The van der Waals surface area contributed by atoms with E-state index >= 15 is 0 Å². The second-order valence-corrected chi connectivity index (χ2v) is 4.19. The standard InChI is InChI=1S/C14H12ClNO2/c1-2-11-6-12(3-4-14(11)15)18-13-5-10(9-17)7-16-8-13/h3-9H,2H2,1H3. The van der Waals surface area contributed by atoms with Crippen LogP contribution in [0.3, 0.4) is 0 Å². The van der Waals surface area contributed by atoms with Gasteiger partial charge in [0, 0.05) is 16.8 Å². The topological polar surface area (TPSA) is 39.2 Å². The minimum atomic E-state index is 0.483. The Morgan fingerprint density at radius 1 is 1.28 bits per heavy atom. The molecule has 0 radical (unpaired) electrons. The minimum absolute atomic E-state index is 0.483. The van der Waals surface area contributed by atoms with Gasteiger partial charge in [-0.15, -0.1) is 0 Å². The monoisotopic (exact) mass is 261 g/mol. The summed E-state index contributed by atoms with van der Waals surface area (Å²) in [6.45, 7) is 2.03. The van der Waals surface area contributed by atoms with Gasteiger partial charge in [-0.25, -0.2) is 0 Å². The van der Waals surface area contributed by atoms with E-state index in [4.69, 9.17) is 16.3 Å². The van der Waals surface area contributed by atoms with Crippen molar-refractivity contribution in [3.05, 3.63) is 52.8 Å². The van der Waals surface area contributed by atoms with Crippen molar-refractivity contribution in [2.24, 2.45) is 0 Å². The van der Waals surface area contributed by atoms with E-state index < -0.39 is 0 Å². The first-order valence-electron chi connectivity index (χ1n) is 5.59. The molecule has 0 aliphatic heterocycles. The van der Waals surface area contributed by atoms with E-state index in [1.807, 2.05) is 13.0 Å². The summed E-state index contributed by atoms with van der Waals surface area (Å²) in [6.07, 6.45) is 4.62. The average Bonchev–Trinajstić information content (AvgIpc) is 2.41. The third kappa shape index (κ3) is 2.87. The third-order valence-corrected chi connectivity index (χ3v) is 2.87. The van der Waals surface area contributed by atoms with E-state index in [0.29, 0.717) is 17.1 Å². The summed E-state index contributed by atoms with van der Waals surface area (Å²) in [4.78, 5) is 14.6. The van der Waals surface area contributed by atoms with Gasteiger partial charge in [0.2, 0.25) is 0 Å². The zero-order valence-corrected chi connectivity index (χ0v) is 10.6. The van der Waals surface area contributed by atoms with Crippen LogP contribution in [0, 0.1) is 0 Å². The van der Waals surface area contributed by atoms with Crippen molar-refractivity contribution in [3.8, 4) is 11.5 Å². The highest BCUT2D eigenvalue weighted by atomic mass is 35.5. The highest BCUT2D eigenvalue weighted by Gasteiger charge is 2.03. The lowest BCUT2D eigenvalue weighted by atomic mass is 10.1. The van der Waals surface area contributed by atoms with Gasteiger partial charge in [-0.05, 0) is 36.2 Å². The lowest BCUT2D eigenvalue weighted by molar-refractivity contribution is 0.112. The van der Waals surface area contributed by atoms with E-state index in [9.17, 15) is 4.79 Å². The molecular formula is C14H12ClNO2. The molecule has 4 heteroatoms. The maximum Gasteiger partial charge on any atom is 0.151 e. The summed E-state index contributed by atoms with van der Waals surface area (Å²) in [5.74, 6) is 1.21. The lowest BCUT2D eigenvalue weighted by Gasteiger charge is -2.08. The Bertz CT molecular complexity index is 569. The Labute approximate surface area is 110 Å². The fourth-order valence-electron chi connectivity index (χ4n) is 1.58. The molecule has 0 N–H and O–H groups in total. The fourth-order valence-corrected chi connectivity index (χ4v) is 1.83. The first kappa shape index (κ1) is 12.6. The van der Waals surface area contributed by atoms with Crippen molar-refractivity contribution >= 4 is 17.9 Å². The number of aldehydes is 1. The van der Waals surface area contributed by atoms with Crippen LogP contribution in [0.5, 0.6) is 11.5 Å². The first-order chi connectivity index (χ1) is 8.72. The Morgan fingerprint density at radius 3 is 2.83 bits per heavy atom. The molecule has 0 spiro atoms. The van der Waals surface area contributed by atoms with E-state index in [2.05, 4.69) is 4.98 Å². The Morgan fingerprint density at radius 2 is 2.11 bits per heavy atom. The normalized spacial score (nSPS) is 10.1. The highest BCUT2D eigenvalue weighted by Crippen LogP contribution is 2.26. The van der Waals surface area contributed by atoms with Gasteiger partial charge >= 0.3 is 0 Å². The van der Waals surface area contributed by atoms with Crippen molar-refractivity contribution < 1.29 is 9.53 Å². The molecule has 2 rings (SSSR count). The number of aromatic nitrogens is 1. The van der Waals surface area contributed by atoms with Gasteiger partial charge in [0.15, 0.2) is 6.29 Å². The molecule has 1 aromatic heterocycles. The van der Waals surface area contributed by atoms with Gasteiger partial charge in [-0.1, -0.05) is 18.5 Å². The van der Waals surface area contributed by atoms with Crippen LogP contribution in [-0.4, -0.2) is 11.3 Å². The summed E-state index contributed by atoms with van der Waals surface area (Å²) >= 11 is 6.03. The Balaban J connectivity index is 2.25. The zero-order chi connectivity index (χ0) is 13.0. The van der Waals surface area contributed by atoms with Crippen molar-refractivity contribution in [3.63, 3.8) is 0 Å². The van der Waals surface area contributed by atoms with E-state index in [1.165, 1.54) is 6.20 Å². The smallest absolute Gasteiger partial charge is 0.151 e. The first-order valence-corrected chi connectivity index (χ1v) is 5.97. The molecule has 1 aromatic carbocycles. The molecule has 0 bridgehead atoms. The average molecular weight is 262 g/mol. The summed E-state index contributed by atoms with van der Waals surface area (Å²) in [6, 6.07) is 7.11. The molecule has 0 amide bonds. The van der Waals surface area contributed by atoms with Crippen LogP contribution in [-0.2, 0) is 6.42 Å². The predicted molar refractivity (Wildman–Crippen MR) is 70.5 cm³/mol. The second kappa shape index (κ2) is 5.65. The number of carbonyl (C=O) groups excluding carboxylic acids is 1. The molecule has 0 fully saturated rings. The van der Waals surface area contributed by atoms with Gasteiger partial charge in [0.05, 0.1) is 6.20 Å². The van der Waals surface area contributed by atoms with Gasteiger partial charge in [-0.3, -0.25) is 9.78 Å². The number of rotatable bonds is 4. The molecule has 0 aliphatic rings. The Hall–Kier alpha value is -1.87. The number of halogens is 1. The van der Waals surface area contributed by atoms with Gasteiger partial charge in [-0.2, -0.15) is 0 Å². The molecule has 1 heterocycles. The largest absolute Gasteiger partial charge is 0.456 e. The number of nitrogens with zero attached hydrogens (tertiary/aromatic N) is 1. The maximum atomic E-state index is 10.6. The molecule has 0 saturated carbocycles. The van der Waals surface area contributed by atoms with E-state index in [0.717, 1.165) is 23.3 Å². The molecule has 3 nitrogen and oxygen atoms in total. The maximum absolute atomic E-state index is 10.6. The van der Waals surface area contributed by atoms with Gasteiger partial charge < -0.3 is 4.74 Å². The van der Waals surface area contributed by atoms with Crippen LogP contribution in [0.1, 0.15) is 22.8 Å². The number of ether oxygens (including phenoxy) is 1. The number of benzene rings is 1. The lowest BCUT2D eigenvalue weighted by Crippen LogP contribution is -1.90.